The highest BCUT2D eigenvalue weighted by Crippen LogP contribution is 2.40. The molecule has 5 rings (SSSR count). The minimum atomic E-state index is -0.0262. The molecule has 0 bridgehead atoms. The van der Waals surface area contributed by atoms with E-state index in [9.17, 15) is 4.79 Å². The molecule has 3 heterocycles. The van der Waals surface area contributed by atoms with Crippen molar-refractivity contribution in [2.75, 3.05) is 13.1 Å². The fraction of sp³-hybridized carbons (Fsp3) is 0.440. The predicted octanol–water partition coefficient (Wildman–Crippen LogP) is 4.76. The van der Waals surface area contributed by atoms with Crippen molar-refractivity contribution in [2.45, 2.75) is 57.3 Å². The lowest BCUT2D eigenvalue weighted by Crippen LogP contribution is -2.29. The lowest BCUT2D eigenvalue weighted by atomic mass is 9.90. The van der Waals surface area contributed by atoms with Crippen LogP contribution < -0.4 is 0 Å². The number of hydrogen-bond donors (Lipinski definition) is 0. The molecule has 6 nitrogen and oxygen atoms in total. The SMILES string of the molecule is Cc1cc(C)cc(C(=O)N2C[C@@H](c3cccnc3)[C@H](c3nc(C4CCCC4)no3)C2)c1. The lowest BCUT2D eigenvalue weighted by Gasteiger charge is -2.17. The predicted molar refractivity (Wildman–Crippen MR) is 117 cm³/mol. The van der Waals surface area contributed by atoms with Crippen LogP contribution in [0.4, 0.5) is 0 Å². The van der Waals surface area contributed by atoms with E-state index in [1.807, 2.05) is 43.1 Å². The van der Waals surface area contributed by atoms with Crippen molar-refractivity contribution in [1.29, 1.82) is 0 Å². The molecule has 0 spiro atoms. The van der Waals surface area contributed by atoms with Gasteiger partial charge in [0.2, 0.25) is 5.89 Å². The van der Waals surface area contributed by atoms with E-state index in [0.717, 1.165) is 40.9 Å². The van der Waals surface area contributed by atoms with Gasteiger partial charge in [-0.25, -0.2) is 0 Å². The van der Waals surface area contributed by atoms with Gasteiger partial charge in [0.15, 0.2) is 5.82 Å². The molecule has 31 heavy (non-hydrogen) atoms. The molecule has 1 aliphatic heterocycles. The Bertz CT molecular complexity index is 1050. The molecule has 3 aromatic rings. The highest BCUT2D eigenvalue weighted by Gasteiger charge is 2.41. The third-order valence-corrected chi connectivity index (χ3v) is 6.68. The standard InChI is InChI=1S/C25H28N4O2/c1-16-10-17(2)12-20(11-16)25(30)29-14-21(19-8-5-9-26-13-19)22(15-29)24-27-23(28-31-24)18-6-3-4-7-18/h5,8-13,18,21-22H,3-4,6-7,14-15H2,1-2H3/t21-,22+/m0/s1. The maximum Gasteiger partial charge on any atom is 0.253 e. The summed E-state index contributed by atoms with van der Waals surface area (Å²) in [4.78, 5) is 24.4. The lowest BCUT2D eigenvalue weighted by molar-refractivity contribution is 0.0788. The fourth-order valence-corrected chi connectivity index (χ4v) is 5.18. The van der Waals surface area contributed by atoms with Crippen molar-refractivity contribution >= 4 is 5.91 Å². The van der Waals surface area contributed by atoms with E-state index in [0.29, 0.717) is 24.9 Å². The minimum absolute atomic E-state index is 0.0262. The monoisotopic (exact) mass is 416 g/mol. The zero-order valence-electron chi connectivity index (χ0n) is 18.1. The Morgan fingerprint density at radius 3 is 2.52 bits per heavy atom. The number of aryl methyl sites for hydroxylation is 2. The smallest absolute Gasteiger partial charge is 0.253 e. The maximum absolute atomic E-state index is 13.4. The van der Waals surface area contributed by atoms with Gasteiger partial charge >= 0.3 is 0 Å². The number of aromatic nitrogens is 3. The van der Waals surface area contributed by atoms with Gasteiger partial charge in [-0.2, -0.15) is 4.98 Å². The van der Waals surface area contributed by atoms with Gasteiger partial charge in [-0.1, -0.05) is 41.3 Å². The molecule has 160 valence electrons. The van der Waals surface area contributed by atoms with Crippen LogP contribution in [0.25, 0.3) is 0 Å². The zero-order valence-corrected chi connectivity index (χ0v) is 18.1. The topological polar surface area (TPSA) is 72.1 Å². The van der Waals surface area contributed by atoms with Crippen LogP contribution in [-0.2, 0) is 0 Å². The Labute approximate surface area is 182 Å². The third kappa shape index (κ3) is 3.99. The van der Waals surface area contributed by atoms with Crippen LogP contribution in [0.3, 0.4) is 0 Å². The van der Waals surface area contributed by atoms with Gasteiger partial charge in [-0.15, -0.1) is 0 Å². The maximum atomic E-state index is 13.4. The average molecular weight is 417 g/mol. The second-order valence-corrected chi connectivity index (χ2v) is 9.06. The van der Waals surface area contributed by atoms with Gasteiger partial charge < -0.3 is 9.42 Å². The Hall–Kier alpha value is -3.02. The van der Waals surface area contributed by atoms with E-state index >= 15 is 0 Å². The van der Waals surface area contributed by atoms with E-state index in [1.54, 1.807) is 6.20 Å². The quantitative estimate of drug-likeness (QED) is 0.613. The summed E-state index contributed by atoms with van der Waals surface area (Å²) in [7, 11) is 0. The second kappa shape index (κ2) is 8.25. The molecule has 2 aromatic heterocycles. The Balaban J connectivity index is 1.45. The van der Waals surface area contributed by atoms with E-state index in [4.69, 9.17) is 9.51 Å². The molecule has 2 aliphatic rings. The van der Waals surface area contributed by atoms with E-state index < -0.39 is 0 Å². The number of benzene rings is 1. The second-order valence-electron chi connectivity index (χ2n) is 9.06. The Morgan fingerprint density at radius 1 is 1.06 bits per heavy atom. The molecule has 0 radical (unpaired) electrons. The average Bonchev–Trinajstić information content (AvgIpc) is 3.53. The number of amides is 1. The van der Waals surface area contributed by atoms with Gasteiger partial charge in [-0.05, 0) is 50.5 Å². The van der Waals surface area contributed by atoms with E-state index in [2.05, 4.69) is 22.3 Å². The van der Waals surface area contributed by atoms with Crippen molar-refractivity contribution in [3.63, 3.8) is 0 Å². The summed E-state index contributed by atoms with van der Waals surface area (Å²) in [6.07, 6.45) is 8.39. The third-order valence-electron chi connectivity index (χ3n) is 6.68. The molecule has 1 saturated heterocycles. The highest BCUT2D eigenvalue weighted by atomic mass is 16.5. The first-order chi connectivity index (χ1) is 15.1. The first-order valence-corrected chi connectivity index (χ1v) is 11.2. The molecule has 6 heteroatoms. The van der Waals surface area contributed by atoms with Gasteiger partial charge in [0.1, 0.15) is 0 Å². The zero-order chi connectivity index (χ0) is 21.4. The number of carbonyl (C=O) groups is 1. The molecule has 1 aromatic carbocycles. The van der Waals surface area contributed by atoms with Crippen LogP contribution in [0.15, 0.2) is 47.2 Å². The molecule has 1 saturated carbocycles. The van der Waals surface area contributed by atoms with Crippen LogP contribution in [0.1, 0.15) is 82.2 Å². The summed E-state index contributed by atoms with van der Waals surface area (Å²) >= 11 is 0. The van der Waals surface area contributed by atoms with Gasteiger partial charge in [0.05, 0.1) is 5.92 Å². The number of pyridine rings is 1. The van der Waals surface area contributed by atoms with Crippen molar-refractivity contribution < 1.29 is 9.32 Å². The molecule has 2 atom stereocenters. The molecular weight excluding hydrogens is 388 g/mol. The highest BCUT2D eigenvalue weighted by molar-refractivity contribution is 5.95. The van der Waals surface area contributed by atoms with Crippen LogP contribution in [0, 0.1) is 13.8 Å². The molecule has 1 amide bonds. The first kappa shape index (κ1) is 19.9. The summed E-state index contributed by atoms with van der Waals surface area (Å²) in [5.41, 5.74) is 4.03. The van der Waals surface area contributed by atoms with Crippen LogP contribution in [0.2, 0.25) is 0 Å². The van der Waals surface area contributed by atoms with Crippen molar-refractivity contribution in [3.05, 3.63) is 76.7 Å². The molecular formula is C25H28N4O2. The summed E-state index contributed by atoms with van der Waals surface area (Å²) in [5.74, 6) is 1.99. The normalized spacial score (nSPS) is 21.7. The fourth-order valence-electron chi connectivity index (χ4n) is 5.18. The van der Waals surface area contributed by atoms with Crippen LogP contribution in [-0.4, -0.2) is 39.0 Å². The van der Waals surface area contributed by atoms with Crippen molar-refractivity contribution in [3.8, 4) is 0 Å². The Morgan fingerprint density at radius 2 is 1.81 bits per heavy atom. The van der Waals surface area contributed by atoms with E-state index in [-0.39, 0.29) is 17.7 Å². The molecule has 0 unspecified atom stereocenters. The largest absolute Gasteiger partial charge is 0.339 e. The van der Waals surface area contributed by atoms with Crippen molar-refractivity contribution in [2.24, 2.45) is 0 Å². The molecule has 2 fully saturated rings. The van der Waals surface area contributed by atoms with Gasteiger partial charge in [-0.3, -0.25) is 9.78 Å². The summed E-state index contributed by atoms with van der Waals surface area (Å²) in [5, 5.41) is 4.32. The molecule has 1 aliphatic carbocycles. The van der Waals surface area contributed by atoms with Crippen LogP contribution in [0.5, 0.6) is 0 Å². The Kier molecular flexibility index (Phi) is 5.30. The summed E-state index contributed by atoms with van der Waals surface area (Å²) < 4.78 is 5.77. The van der Waals surface area contributed by atoms with Crippen molar-refractivity contribution in [1.82, 2.24) is 20.0 Å². The summed E-state index contributed by atoms with van der Waals surface area (Å²) in [6.45, 7) is 5.23. The first-order valence-electron chi connectivity index (χ1n) is 11.2. The van der Waals surface area contributed by atoms with Gasteiger partial charge in [0.25, 0.3) is 5.91 Å². The number of likely N-dealkylation sites (tertiary alicyclic amines) is 1. The minimum Gasteiger partial charge on any atom is -0.339 e. The van der Waals surface area contributed by atoms with E-state index in [1.165, 1.54) is 12.8 Å². The number of nitrogens with zero attached hydrogens (tertiary/aromatic N) is 4. The number of rotatable bonds is 4. The van der Waals surface area contributed by atoms with Crippen LogP contribution >= 0.6 is 0 Å². The summed E-state index contributed by atoms with van der Waals surface area (Å²) in [6, 6.07) is 10.0. The molecule has 0 N–H and O–H groups in total. The van der Waals surface area contributed by atoms with Gasteiger partial charge in [0, 0.05) is 42.9 Å². The number of hydrogen-bond acceptors (Lipinski definition) is 5. The number of carbonyl (C=O) groups excluding carboxylic acids is 1.